The van der Waals surface area contributed by atoms with E-state index < -0.39 is 0 Å². The van der Waals surface area contributed by atoms with Gasteiger partial charge in [0, 0.05) is 30.4 Å². The summed E-state index contributed by atoms with van der Waals surface area (Å²) in [6.45, 7) is 4.95. The Kier molecular flexibility index (Phi) is 5.66. The Labute approximate surface area is 147 Å². The quantitative estimate of drug-likeness (QED) is 0.904. The molecule has 0 aromatic heterocycles. The predicted molar refractivity (Wildman–Crippen MR) is 97.4 cm³/mol. The van der Waals surface area contributed by atoms with Gasteiger partial charge in [0.2, 0.25) is 5.91 Å². The molecule has 1 aliphatic heterocycles. The van der Waals surface area contributed by atoms with Gasteiger partial charge in [-0.1, -0.05) is 31.2 Å². The molecule has 2 aromatic rings. The fraction of sp³-hybridized carbons (Fsp3) is 0.350. The number of hydrogen-bond acceptors (Lipinski definition) is 3. The summed E-state index contributed by atoms with van der Waals surface area (Å²) >= 11 is 0. The number of halogens is 1. The van der Waals surface area contributed by atoms with E-state index in [0.717, 1.165) is 37.7 Å². The molecule has 0 radical (unpaired) electrons. The molecule has 1 fully saturated rings. The summed E-state index contributed by atoms with van der Waals surface area (Å²) < 4.78 is 19.1. The van der Waals surface area contributed by atoms with Crippen LogP contribution in [0.15, 0.2) is 48.5 Å². The van der Waals surface area contributed by atoms with Gasteiger partial charge >= 0.3 is 0 Å². The van der Waals surface area contributed by atoms with Gasteiger partial charge in [-0.3, -0.25) is 4.79 Å². The predicted octanol–water partition coefficient (Wildman–Crippen LogP) is 3.48. The van der Waals surface area contributed by atoms with E-state index in [1.807, 2.05) is 31.2 Å². The molecule has 1 atom stereocenters. The first-order valence-corrected chi connectivity index (χ1v) is 8.60. The summed E-state index contributed by atoms with van der Waals surface area (Å²) in [6, 6.07) is 14.4. The van der Waals surface area contributed by atoms with Crippen molar-refractivity contribution in [1.82, 2.24) is 0 Å². The van der Waals surface area contributed by atoms with Crippen molar-refractivity contribution in [3.05, 3.63) is 59.9 Å². The van der Waals surface area contributed by atoms with Crippen LogP contribution in [0.25, 0.3) is 0 Å². The molecule has 0 aliphatic carbocycles. The van der Waals surface area contributed by atoms with Crippen LogP contribution < -0.4 is 10.2 Å². The van der Waals surface area contributed by atoms with E-state index in [1.54, 1.807) is 18.2 Å². The maximum absolute atomic E-state index is 13.8. The van der Waals surface area contributed by atoms with Crippen molar-refractivity contribution in [3.8, 4) is 0 Å². The van der Waals surface area contributed by atoms with Crippen LogP contribution in [0.3, 0.4) is 0 Å². The number of rotatable bonds is 5. The average molecular weight is 342 g/mol. The number of nitrogens with zero attached hydrogens (tertiary/aromatic N) is 1. The van der Waals surface area contributed by atoms with E-state index in [0.29, 0.717) is 12.0 Å². The highest BCUT2D eigenvalue weighted by atomic mass is 19.1. The van der Waals surface area contributed by atoms with Gasteiger partial charge in [0.05, 0.1) is 13.2 Å². The molecule has 0 bridgehead atoms. The lowest BCUT2D eigenvalue weighted by molar-refractivity contribution is -0.119. The Balaban J connectivity index is 1.63. The highest BCUT2D eigenvalue weighted by Gasteiger charge is 2.17. The zero-order valence-electron chi connectivity index (χ0n) is 14.4. The number of hydrogen-bond donors (Lipinski definition) is 1. The van der Waals surface area contributed by atoms with Crippen LogP contribution in [0.5, 0.6) is 0 Å². The summed E-state index contributed by atoms with van der Waals surface area (Å²) in [5, 5.41) is 2.94. The minimum atomic E-state index is -0.316. The molecule has 4 nitrogen and oxygen atoms in total. The number of benzene rings is 2. The van der Waals surface area contributed by atoms with E-state index in [4.69, 9.17) is 4.74 Å². The molecule has 1 saturated heterocycles. The molecule has 1 heterocycles. The van der Waals surface area contributed by atoms with E-state index >= 15 is 0 Å². The number of nitrogens with one attached hydrogen (secondary N) is 1. The van der Waals surface area contributed by atoms with E-state index in [-0.39, 0.29) is 17.6 Å². The first kappa shape index (κ1) is 17.4. The maximum atomic E-state index is 13.8. The molecule has 1 unspecified atom stereocenters. The lowest BCUT2D eigenvalue weighted by atomic mass is 10.00. The van der Waals surface area contributed by atoms with E-state index in [1.165, 1.54) is 6.07 Å². The second-order valence-corrected chi connectivity index (χ2v) is 6.34. The van der Waals surface area contributed by atoms with Crippen molar-refractivity contribution in [2.45, 2.75) is 13.3 Å². The van der Waals surface area contributed by atoms with Gasteiger partial charge in [-0.25, -0.2) is 4.39 Å². The number of ether oxygens (including phenoxy) is 1. The zero-order chi connectivity index (χ0) is 17.6. The van der Waals surface area contributed by atoms with Crippen molar-refractivity contribution in [3.63, 3.8) is 0 Å². The minimum absolute atomic E-state index is 0.109. The molecule has 1 N–H and O–H groups in total. The SMILES string of the molecule is CC(Cc1ccccc1F)C(=O)Nc1cccc(N2CCOCC2)c1. The molecule has 132 valence electrons. The van der Waals surface area contributed by atoms with Gasteiger partial charge in [-0.2, -0.15) is 0 Å². The van der Waals surface area contributed by atoms with Crippen LogP contribution in [0.4, 0.5) is 15.8 Å². The third-order valence-electron chi connectivity index (χ3n) is 4.42. The second kappa shape index (κ2) is 8.12. The normalized spacial score (nSPS) is 15.7. The van der Waals surface area contributed by atoms with Gasteiger partial charge in [-0.05, 0) is 36.2 Å². The first-order chi connectivity index (χ1) is 12.1. The third-order valence-corrected chi connectivity index (χ3v) is 4.42. The number of carbonyl (C=O) groups is 1. The van der Waals surface area contributed by atoms with Crippen molar-refractivity contribution in [2.75, 3.05) is 36.5 Å². The Bertz CT molecular complexity index is 729. The smallest absolute Gasteiger partial charge is 0.227 e. The molecule has 0 saturated carbocycles. The second-order valence-electron chi connectivity index (χ2n) is 6.34. The Morgan fingerprint density at radius 2 is 1.96 bits per heavy atom. The number of amides is 1. The van der Waals surface area contributed by atoms with Crippen LogP contribution in [-0.2, 0) is 16.0 Å². The molecule has 0 spiro atoms. The Morgan fingerprint density at radius 1 is 1.20 bits per heavy atom. The maximum Gasteiger partial charge on any atom is 0.227 e. The van der Waals surface area contributed by atoms with E-state index in [2.05, 4.69) is 10.2 Å². The summed E-state index contributed by atoms with van der Waals surface area (Å²) in [5.41, 5.74) is 2.39. The van der Waals surface area contributed by atoms with Crippen LogP contribution >= 0.6 is 0 Å². The molecular formula is C20H23FN2O2. The summed E-state index contributed by atoms with van der Waals surface area (Å²) in [7, 11) is 0. The lowest BCUT2D eigenvalue weighted by Gasteiger charge is -2.29. The van der Waals surface area contributed by atoms with Gasteiger partial charge in [0.1, 0.15) is 5.82 Å². The fourth-order valence-corrected chi connectivity index (χ4v) is 2.95. The van der Waals surface area contributed by atoms with Crippen LogP contribution in [-0.4, -0.2) is 32.2 Å². The van der Waals surface area contributed by atoms with Crippen molar-refractivity contribution < 1.29 is 13.9 Å². The number of anilines is 2. The third kappa shape index (κ3) is 4.57. The molecular weight excluding hydrogens is 319 g/mol. The van der Waals surface area contributed by atoms with Gasteiger partial charge < -0.3 is 15.0 Å². The molecule has 5 heteroatoms. The largest absolute Gasteiger partial charge is 0.378 e. The monoisotopic (exact) mass is 342 g/mol. The zero-order valence-corrected chi connectivity index (χ0v) is 14.4. The fourth-order valence-electron chi connectivity index (χ4n) is 2.95. The Morgan fingerprint density at radius 3 is 2.72 bits per heavy atom. The highest BCUT2D eigenvalue weighted by Crippen LogP contribution is 2.21. The molecule has 1 aliphatic rings. The van der Waals surface area contributed by atoms with Crippen LogP contribution in [0.1, 0.15) is 12.5 Å². The van der Waals surface area contributed by atoms with Gasteiger partial charge in [0.25, 0.3) is 0 Å². The van der Waals surface area contributed by atoms with Gasteiger partial charge in [-0.15, -0.1) is 0 Å². The summed E-state index contributed by atoms with van der Waals surface area (Å²) in [5.74, 6) is -0.692. The standard InChI is InChI=1S/C20H23FN2O2/c1-15(13-16-5-2-3-8-19(16)21)20(24)22-17-6-4-7-18(14-17)23-9-11-25-12-10-23/h2-8,14-15H,9-13H2,1H3,(H,22,24). The number of carbonyl (C=O) groups excluding carboxylic acids is 1. The summed E-state index contributed by atoms with van der Waals surface area (Å²) in [6.07, 6.45) is 0.377. The molecule has 25 heavy (non-hydrogen) atoms. The molecule has 3 rings (SSSR count). The van der Waals surface area contributed by atoms with Crippen molar-refractivity contribution in [1.29, 1.82) is 0 Å². The highest BCUT2D eigenvalue weighted by molar-refractivity contribution is 5.93. The number of morpholine rings is 1. The molecule has 2 aromatic carbocycles. The Hall–Kier alpha value is -2.40. The van der Waals surface area contributed by atoms with Crippen LogP contribution in [0.2, 0.25) is 0 Å². The van der Waals surface area contributed by atoms with Crippen molar-refractivity contribution in [2.24, 2.45) is 5.92 Å². The average Bonchev–Trinajstić information content (AvgIpc) is 2.64. The summed E-state index contributed by atoms with van der Waals surface area (Å²) in [4.78, 5) is 14.7. The van der Waals surface area contributed by atoms with E-state index in [9.17, 15) is 9.18 Å². The lowest BCUT2D eigenvalue weighted by Crippen LogP contribution is -2.36. The first-order valence-electron chi connectivity index (χ1n) is 8.60. The topological polar surface area (TPSA) is 41.6 Å². The van der Waals surface area contributed by atoms with Crippen LogP contribution in [0, 0.1) is 11.7 Å². The minimum Gasteiger partial charge on any atom is -0.378 e. The molecule has 1 amide bonds. The van der Waals surface area contributed by atoms with Gasteiger partial charge in [0.15, 0.2) is 0 Å². The van der Waals surface area contributed by atoms with Crippen molar-refractivity contribution >= 4 is 17.3 Å².